The maximum Gasteiger partial charge on any atom is 0.336 e. The molecule has 4 rings (SSSR count). The molecule has 3 aromatic rings. The lowest BCUT2D eigenvalue weighted by Gasteiger charge is -2.26. The van der Waals surface area contributed by atoms with E-state index < -0.39 is 23.7 Å². The van der Waals surface area contributed by atoms with Gasteiger partial charge in [0.1, 0.15) is 17.2 Å². The van der Waals surface area contributed by atoms with Crippen LogP contribution in [0.25, 0.3) is 11.8 Å². The predicted octanol–water partition coefficient (Wildman–Crippen LogP) is 4.04. The number of aryl methyl sites for hydroxylation is 1. The number of hydrogen-bond acceptors (Lipinski definition) is 3. The van der Waals surface area contributed by atoms with Crippen molar-refractivity contribution in [1.29, 1.82) is 0 Å². The lowest BCUT2D eigenvalue weighted by Crippen LogP contribution is -2.54. The van der Waals surface area contributed by atoms with Crippen molar-refractivity contribution in [2.75, 3.05) is 4.90 Å². The molecular weight excluding hydrogens is 404 g/mol. The standard InChI is InChI=1S/C23H17F2N3O3/c1-13-11-15(14(2)27(13)17-9-7-16(24)8-10-17)12-18-21(29)26-23(31)28(22(18)30)20-6-4-3-5-19(20)25/h3-12H,1-2H3,(H,26,29,31). The summed E-state index contributed by atoms with van der Waals surface area (Å²) < 4.78 is 29.3. The number of rotatable bonds is 3. The van der Waals surface area contributed by atoms with E-state index in [2.05, 4.69) is 5.32 Å². The minimum Gasteiger partial charge on any atom is -0.318 e. The van der Waals surface area contributed by atoms with Crippen LogP contribution in [0.3, 0.4) is 0 Å². The molecule has 0 spiro atoms. The molecule has 2 aromatic carbocycles. The van der Waals surface area contributed by atoms with E-state index in [0.717, 1.165) is 11.8 Å². The van der Waals surface area contributed by atoms with E-state index in [1.165, 1.54) is 36.4 Å². The zero-order chi connectivity index (χ0) is 22.3. The number of barbiturate groups is 1. The third-order valence-electron chi connectivity index (χ3n) is 5.05. The van der Waals surface area contributed by atoms with Crippen molar-refractivity contribution in [1.82, 2.24) is 9.88 Å². The van der Waals surface area contributed by atoms with Crippen LogP contribution in [0.1, 0.15) is 17.0 Å². The summed E-state index contributed by atoms with van der Waals surface area (Å²) in [6.45, 7) is 3.62. The molecule has 1 fully saturated rings. The van der Waals surface area contributed by atoms with Crippen LogP contribution >= 0.6 is 0 Å². The number of urea groups is 1. The largest absolute Gasteiger partial charge is 0.336 e. The van der Waals surface area contributed by atoms with Gasteiger partial charge in [0.05, 0.1) is 5.69 Å². The minimum atomic E-state index is -1.02. The fourth-order valence-electron chi connectivity index (χ4n) is 3.59. The van der Waals surface area contributed by atoms with Crippen LogP contribution in [0.5, 0.6) is 0 Å². The van der Waals surface area contributed by atoms with Gasteiger partial charge in [0.2, 0.25) is 0 Å². The van der Waals surface area contributed by atoms with Gasteiger partial charge in [-0.05, 0) is 68.0 Å². The van der Waals surface area contributed by atoms with Crippen molar-refractivity contribution in [3.63, 3.8) is 0 Å². The molecule has 1 aliphatic rings. The van der Waals surface area contributed by atoms with Gasteiger partial charge in [-0.2, -0.15) is 0 Å². The molecule has 0 radical (unpaired) electrons. The molecule has 1 saturated heterocycles. The van der Waals surface area contributed by atoms with Gasteiger partial charge in [-0.1, -0.05) is 12.1 Å². The Balaban J connectivity index is 1.77. The van der Waals surface area contributed by atoms with E-state index in [0.29, 0.717) is 21.8 Å². The average Bonchev–Trinajstić information content (AvgIpc) is 3.00. The summed E-state index contributed by atoms with van der Waals surface area (Å²) in [5.41, 5.74) is 2.21. The lowest BCUT2D eigenvalue weighted by atomic mass is 10.1. The van der Waals surface area contributed by atoms with Gasteiger partial charge in [-0.25, -0.2) is 18.5 Å². The van der Waals surface area contributed by atoms with Gasteiger partial charge in [0.15, 0.2) is 0 Å². The number of para-hydroxylation sites is 1. The zero-order valence-electron chi connectivity index (χ0n) is 16.6. The molecule has 0 aliphatic carbocycles. The van der Waals surface area contributed by atoms with Gasteiger partial charge in [0.25, 0.3) is 11.8 Å². The number of aromatic nitrogens is 1. The molecule has 156 valence electrons. The van der Waals surface area contributed by atoms with Crippen LogP contribution in [-0.4, -0.2) is 22.4 Å². The zero-order valence-corrected chi connectivity index (χ0v) is 16.6. The third-order valence-corrected chi connectivity index (χ3v) is 5.05. The number of nitrogens with zero attached hydrogens (tertiary/aromatic N) is 2. The number of carbonyl (C=O) groups excluding carboxylic acids is 3. The van der Waals surface area contributed by atoms with Crippen molar-refractivity contribution in [2.24, 2.45) is 0 Å². The van der Waals surface area contributed by atoms with Gasteiger partial charge in [-0.3, -0.25) is 14.9 Å². The molecule has 0 unspecified atom stereocenters. The second kappa shape index (κ2) is 7.64. The van der Waals surface area contributed by atoms with Crippen molar-refractivity contribution < 1.29 is 23.2 Å². The van der Waals surface area contributed by atoms with Crippen molar-refractivity contribution in [3.05, 3.63) is 88.8 Å². The van der Waals surface area contributed by atoms with E-state index >= 15 is 0 Å². The normalized spacial score (nSPS) is 15.5. The molecule has 2 heterocycles. The number of anilines is 1. The Bertz CT molecular complexity index is 1260. The summed E-state index contributed by atoms with van der Waals surface area (Å²) in [7, 11) is 0. The van der Waals surface area contributed by atoms with E-state index in [-0.39, 0.29) is 17.1 Å². The molecule has 6 nitrogen and oxygen atoms in total. The maximum atomic E-state index is 14.2. The Morgan fingerprint density at radius 1 is 0.935 bits per heavy atom. The first-order valence-corrected chi connectivity index (χ1v) is 9.39. The van der Waals surface area contributed by atoms with E-state index in [1.807, 2.05) is 11.5 Å². The Morgan fingerprint density at radius 2 is 1.61 bits per heavy atom. The molecule has 1 N–H and O–H groups in total. The van der Waals surface area contributed by atoms with Crippen LogP contribution in [0.4, 0.5) is 19.3 Å². The minimum absolute atomic E-state index is 0.250. The van der Waals surface area contributed by atoms with E-state index in [4.69, 9.17) is 0 Å². The average molecular weight is 421 g/mol. The van der Waals surface area contributed by atoms with Crippen LogP contribution in [0.2, 0.25) is 0 Å². The first-order valence-electron chi connectivity index (χ1n) is 9.39. The van der Waals surface area contributed by atoms with Gasteiger partial charge >= 0.3 is 6.03 Å². The number of imide groups is 2. The highest BCUT2D eigenvalue weighted by molar-refractivity contribution is 6.39. The van der Waals surface area contributed by atoms with Gasteiger partial charge in [0, 0.05) is 17.1 Å². The quantitative estimate of drug-likeness (QED) is 0.513. The molecule has 4 amide bonds. The summed E-state index contributed by atoms with van der Waals surface area (Å²) in [5.74, 6) is -2.93. The molecule has 0 bridgehead atoms. The highest BCUT2D eigenvalue weighted by Crippen LogP contribution is 2.27. The van der Waals surface area contributed by atoms with Crippen LogP contribution in [-0.2, 0) is 9.59 Å². The smallest absolute Gasteiger partial charge is 0.318 e. The Hall–Kier alpha value is -4.07. The van der Waals surface area contributed by atoms with Crippen molar-refractivity contribution >= 4 is 29.6 Å². The summed E-state index contributed by atoms with van der Waals surface area (Å²) in [6.07, 6.45) is 1.36. The second-order valence-electron chi connectivity index (χ2n) is 7.05. The van der Waals surface area contributed by atoms with Crippen LogP contribution in [0, 0.1) is 25.5 Å². The van der Waals surface area contributed by atoms with Gasteiger partial charge < -0.3 is 4.57 Å². The van der Waals surface area contributed by atoms with E-state index in [9.17, 15) is 23.2 Å². The summed E-state index contributed by atoms with van der Waals surface area (Å²) >= 11 is 0. The molecule has 1 aromatic heterocycles. The summed E-state index contributed by atoms with van der Waals surface area (Å²) in [4.78, 5) is 38.2. The van der Waals surface area contributed by atoms with E-state index in [1.54, 1.807) is 25.1 Å². The number of amides is 4. The fraction of sp³-hybridized carbons (Fsp3) is 0.0870. The number of carbonyl (C=O) groups is 3. The lowest BCUT2D eigenvalue weighted by molar-refractivity contribution is -0.122. The highest BCUT2D eigenvalue weighted by atomic mass is 19.1. The molecular formula is C23H17F2N3O3. The van der Waals surface area contributed by atoms with Gasteiger partial charge in [-0.15, -0.1) is 0 Å². The molecule has 0 saturated carbocycles. The Morgan fingerprint density at radius 3 is 2.29 bits per heavy atom. The molecule has 8 heteroatoms. The number of halogens is 2. The second-order valence-corrected chi connectivity index (χ2v) is 7.05. The maximum absolute atomic E-state index is 14.2. The third kappa shape index (κ3) is 3.52. The Kier molecular flexibility index (Phi) is 4.98. The topological polar surface area (TPSA) is 71.4 Å². The SMILES string of the molecule is Cc1cc(C=C2C(=O)NC(=O)N(c3ccccc3F)C2=O)c(C)n1-c1ccc(F)cc1. The van der Waals surface area contributed by atoms with Crippen molar-refractivity contribution in [2.45, 2.75) is 13.8 Å². The predicted molar refractivity (Wildman–Crippen MR) is 111 cm³/mol. The molecule has 31 heavy (non-hydrogen) atoms. The van der Waals surface area contributed by atoms with Crippen LogP contribution < -0.4 is 10.2 Å². The summed E-state index contributed by atoms with van der Waals surface area (Å²) in [5, 5.41) is 2.08. The number of hydrogen-bond donors (Lipinski definition) is 1. The molecule has 0 atom stereocenters. The fourth-order valence-corrected chi connectivity index (χ4v) is 3.59. The van der Waals surface area contributed by atoms with Crippen molar-refractivity contribution in [3.8, 4) is 5.69 Å². The number of nitrogens with one attached hydrogen (secondary N) is 1. The highest BCUT2D eigenvalue weighted by Gasteiger charge is 2.38. The Labute approximate surface area is 176 Å². The number of benzene rings is 2. The first kappa shape index (κ1) is 20.2. The van der Waals surface area contributed by atoms with Crippen LogP contribution in [0.15, 0.2) is 60.2 Å². The molecule has 1 aliphatic heterocycles. The first-order chi connectivity index (χ1) is 14.8. The summed E-state index contributed by atoms with van der Waals surface area (Å²) in [6, 6.07) is 11.9. The monoisotopic (exact) mass is 421 g/mol.